The van der Waals surface area contributed by atoms with Gasteiger partial charge in [-0.3, -0.25) is 4.79 Å². The number of carbonyl (C=O) groups is 4. The molecule has 0 bridgehead atoms. The van der Waals surface area contributed by atoms with Crippen LogP contribution < -0.4 is 15.3 Å². The van der Waals surface area contributed by atoms with Crippen molar-refractivity contribution in [2.24, 2.45) is 0 Å². The molecule has 0 aromatic heterocycles. The molecule has 0 unspecified atom stereocenters. The summed E-state index contributed by atoms with van der Waals surface area (Å²) in [5.74, 6) is -6.94. The molecule has 0 rings (SSSR count). The molecule has 7 heteroatoms. The van der Waals surface area contributed by atoms with E-state index in [0.29, 0.717) is 0 Å². The first-order chi connectivity index (χ1) is 5.29. The molecule has 0 heterocycles. The van der Waals surface area contributed by atoms with Crippen LogP contribution in [0.2, 0.25) is 0 Å². The minimum Gasteiger partial charge on any atom is -0.543 e. The van der Waals surface area contributed by atoms with Crippen LogP contribution >= 0.6 is 0 Å². The fraction of sp³-hybridized carbons (Fsp3) is 0.200. The summed E-state index contributed by atoms with van der Waals surface area (Å²) in [5, 5.41) is 27.1. The molecule has 0 aliphatic heterocycles. The highest BCUT2D eigenvalue weighted by Gasteiger charge is 1.85. The first-order valence-corrected chi connectivity index (χ1v) is 2.43. The van der Waals surface area contributed by atoms with E-state index in [-0.39, 0.29) is 0 Å². The SMILES string of the molecule is CC(=O)C(=O)[O-].O=C([O-])C(=O)[O-]. The van der Waals surface area contributed by atoms with Crippen molar-refractivity contribution in [2.75, 3.05) is 0 Å². The van der Waals surface area contributed by atoms with E-state index in [9.17, 15) is 14.7 Å². The molecule has 0 saturated heterocycles. The van der Waals surface area contributed by atoms with E-state index in [4.69, 9.17) is 19.8 Å². The van der Waals surface area contributed by atoms with Gasteiger partial charge in [-0.15, -0.1) is 0 Å². The van der Waals surface area contributed by atoms with E-state index in [2.05, 4.69) is 0 Å². The van der Waals surface area contributed by atoms with Gasteiger partial charge < -0.3 is 29.7 Å². The van der Waals surface area contributed by atoms with Gasteiger partial charge in [0.05, 0.1) is 11.9 Å². The molecule has 0 atom stereocenters. The van der Waals surface area contributed by atoms with Crippen LogP contribution in [-0.4, -0.2) is 23.7 Å². The van der Waals surface area contributed by atoms with Gasteiger partial charge in [-0.25, -0.2) is 0 Å². The largest absolute Gasteiger partial charge is 0.543 e. The molecule has 0 radical (unpaired) electrons. The number of ketones is 1. The van der Waals surface area contributed by atoms with Crippen LogP contribution in [0.1, 0.15) is 6.92 Å². The fourth-order valence-electron chi connectivity index (χ4n) is 0. The summed E-state index contributed by atoms with van der Waals surface area (Å²) >= 11 is 0. The van der Waals surface area contributed by atoms with Crippen LogP contribution in [0.4, 0.5) is 0 Å². The maximum atomic E-state index is 9.48. The van der Waals surface area contributed by atoms with Crippen molar-refractivity contribution in [1.82, 2.24) is 0 Å². The highest BCUT2D eigenvalue weighted by atomic mass is 16.4. The number of aliphatic carboxylic acids is 3. The Bertz CT molecular complexity index is 168. The Kier molecular flexibility index (Phi) is 6.19. The lowest BCUT2D eigenvalue weighted by Gasteiger charge is -1.97. The summed E-state index contributed by atoms with van der Waals surface area (Å²) in [5.41, 5.74) is 0. The maximum Gasteiger partial charge on any atom is 0.175 e. The van der Waals surface area contributed by atoms with Crippen molar-refractivity contribution in [3.05, 3.63) is 0 Å². The number of carboxylic acids is 3. The molecule has 12 heavy (non-hydrogen) atoms. The smallest absolute Gasteiger partial charge is 0.175 e. The van der Waals surface area contributed by atoms with Crippen LogP contribution in [0.5, 0.6) is 0 Å². The molecule has 0 saturated carbocycles. The van der Waals surface area contributed by atoms with Crippen molar-refractivity contribution < 1.29 is 34.5 Å². The van der Waals surface area contributed by atoms with Crippen LogP contribution in [-0.2, 0) is 19.2 Å². The number of carboxylic acid groups (broad SMARTS) is 3. The van der Waals surface area contributed by atoms with E-state index in [1.54, 1.807) is 0 Å². The fourth-order valence-corrected chi connectivity index (χ4v) is 0. The minimum atomic E-state index is -2.19. The average Bonchev–Trinajstić information content (AvgIpc) is 1.88. The topological polar surface area (TPSA) is 137 Å². The van der Waals surface area contributed by atoms with Crippen molar-refractivity contribution >= 4 is 23.7 Å². The van der Waals surface area contributed by atoms with Crippen LogP contribution in [0.25, 0.3) is 0 Å². The highest BCUT2D eigenvalue weighted by Crippen LogP contribution is 1.56. The third-order valence-electron chi connectivity index (χ3n) is 0.454. The number of Topliss-reactive ketones (excluding diaryl/α,β-unsaturated/α-hetero) is 1. The third-order valence-corrected chi connectivity index (χ3v) is 0.454. The summed E-state index contributed by atoms with van der Waals surface area (Å²) in [4.78, 5) is 36.6. The first-order valence-electron chi connectivity index (χ1n) is 2.43. The predicted molar refractivity (Wildman–Crippen MR) is 25.7 cm³/mol. The zero-order valence-electron chi connectivity index (χ0n) is 5.86. The van der Waals surface area contributed by atoms with Crippen molar-refractivity contribution in [3.63, 3.8) is 0 Å². The second-order valence-corrected chi connectivity index (χ2v) is 1.42. The van der Waals surface area contributed by atoms with Crippen LogP contribution in [0.3, 0.4) is 0 Å². The Morgan fingerprint density at radius 3 is 0.917 bits per heavy atom. The Hall–Kier alpha value is -1.92. The zero-order valence-corrected chi connectivity index (χ0v) is 5.86. The summed E-state index contributed by atoms with van der Waals surface area (Å²) in [6.45, 7) is 0.940. The Morgan fingerprint density at radius 1 is 0.750 bits per heavy atom. The Balaban J connectivity index is 0. The van der Waals surface area contributed by atoms with Crippen molar-refractivity contribution in [2.45, 2.75) is 6.92 Å². The van der Waals surface area contributed by atoms with Crippen molar-refractivity contribution in [1.29, 1.82) is 0 Å². The Labute approximate surface area is 66.2 Å². The molecule has 0 N–H and O–H groups in total. The molecular formula is C5H3O7-3. The van der Waals surface area contributed by atoms with Gasteiger partial charge in [-0.1, -0.05) is 0 Å². The summed E-state index contributed by atoms with van der Waals surface area (Å²) in [7, 11) is 0. The number of hydrogen-bond acceptors (Lipinski definition) is 7. The molecule has 0 fully saturated rings. The predicted octanol–water partition coefficient (Wildman–Crippen LogP) is -5.19. The van der Waals surface area contributed by atoms with Gasteiger partial charge >= 0.3 is 0 Å². The first kappa shape index (κ1) is 12.7. The summed E-state index contributed by atoms with van der Waals surface area (Å²) < 4.78 is 0. The van der Waals surface area contributed by atoms with Gasteiger partial charge in [-0.2, -0.15) is 0 Å². The highest BCUT2D eigenvalue weighted by molar-refractivity contribution is 6.30. The van der Waals surface area contributed by atoms with E-state index in [0.717, 1.165) is 6.92 Å². The maximum absolute atomic E-state index is 9.48. The number of hydrogen-bond donors (Lipinski definition) is 0. The molecular weight excluding hydrogens is 172 g/mol. The molecule has 0 spiro atoms. The number of carbonyl (C=O) groups excluding carboxylic acids is 4. The standard InChI is InChI=1S/C3H4O3.C2H2O4/c1-2(4)3(5)6;3-1(4)2(5)6/h1H3,(H,5,6);(H,3,4)(H,5,6)/p-3. The second-order valence-electron chi connectivity index (χ2n) is 1.42. The number of rotatable bonds is 1. The van der Waals surface area contributed by atoms with Gasteiger partial charge in [-0.05, 0) is 0 Å². The van der Waals surface area contributed by atoms with E-state index in [1.165, 1.54) is 0 Å². The molecule has 0 aliphatic rings. The molecule has 0 amide bonds. The second kappa shape index (κ2) is 5.83. The average molecular weight is 175 g/mol. The lowest BCUT2D eigenvalue weighted by Crippen LogP contribution is -2.42. The van der Waals surface area contributed by atoms with Gasteiger partial charge in [0.2, 0.25) is 0 Å². The van der Waals surface area contributed by atoms with E-state index in [1.807, 2.05) is 0 Å². The van der Waals surface area contributed by atoms with E-state index >= 15 is 0 Å². The molecule has 7 nitrogen and oxygen atoms in total. The minimum absolute atomic E-state index is 0.935. The molecule has 0 aliphatic carbocycles. The lowest BCUT2D eigenvalue weighted by molar-refractivity contribution is -0.345. The monoisotopic (exact) mass is 175 g/mol. The van der Waals surface area contributed by atoms with Crippen molar-refractivity contribution in [3.8, 4) is 0 Å². The Morgan fingerprint density at radius 2 is 0.917 bits per heavy atom. The van der Waals surface area contributed by atoms with Gasteiger partial charge in [0.25, 0.3) is 0 Å². The third kappa shape index (κ3) is 11.0. The van der Waals surface area contributed by atoms with Crippen LogP contribution in [0.15, 0.2) is 0 Å². The van der Waals surface area contributed by atoms with Crippen LogP contribution in [0, 0.1) is 0 Å². The van der Waals surface area contributed by atoms with E-state index < -0.39 is 23.7 Å². The lowest BCUT2D eigenvalue weighted by atomic mass is 10.5. The normalized spacial score (nSPS) is 7.42. The zero-order chi connectivity index (χ0) is 10.3. The summed E-state index contributed by atoms with van der Waals surface area (Å²) in [6, 6.07) is 0. The summed E-state index contributed by atoms with van der Waals surface area (Å²) in [6.07, 6.45) is 0. The van der Waals surface area contributed by atoms with Gasteiger partial charge in [0.15, 0.2) is 5.78 Å². The van der Waals surface area contributed by atoms with Gasteiger partial charge in [0.1, 0.15) is 5.97 Å². The molecule has 0 aromatic carbocycles. The quantitative estimate of drug-likeness (QED) is 0.363. The molecule has 68 valence electrons. The molecule has 0 aromatic rings. The van der Waals surface area contributed by atoms with Gasteiger partial charge in [0, 0.05) is 6.92 Å².